The summed E-state index contributed by atoms with van der Waals surface area (Å²) >= 11 is 0. The van der Waals surface area contributed by atoms with Crippen molar-refractivity contribution in [1.82, 2.24) is 0 Å². The number of nitrogens with zero attached hydrogens (tertiary/aromatic N) is 6. The van der Waals surface area contributed by atoms with Gasteiger partial charge in [0.2, 0.25) is 0 Å². The third-order valence-corrected chi connectivity index (χ3v) is 29.1. The van der Waals surface area contributed by atoms with E-state index in [2.05, 4.69) is 314 Å². The molecule has 0 N–H and O–H groups in total. The second kappa shape index (κ2) is 33.4. The number of para-hydroxylation sites is 2. The molecule has 0 bridgehead atoms. The number of hydrogen-bond acceptors (Lipinski definition) is 2. The van der Waals surface area contributed by atoms with Gasteiger partial charge in [-0.1, -0.05) is 264 Å². The van der Waals surface area contributed by atoms with Gasteiger partial charge in [-0.05, 0) is 163 Å². The van der Waals surface area contributed by atoms with Gasteiger partial charge in [-0.15, -0.1) is 0 Å². The van der Waals surface area contributed by atoms with Crippen LogP contribution in [0.1, 0.15) is 196 Å². The van der Waals surface area contributed by atoms with Crippen LogP contribution in [0.3, 0.4) is 0 Å². The van der Waals surface area contributed by atoms with Gasteiger partial charge in [-0.3, -0.25) is 0 Å². The molecule has 0 aromatic heterocycles. The van der Waals surface area contributed by atoms with Gasteiger partial charge in [0.1, 0.15) is 0 Å². The second-order valence-electron chi connectivity index (χ2n) is 30.6. The molecule has 4 rings (SSSR count). The molecule has 0 saturated carbocycles. The zero-order valence-electron chi connectivity index (χ0n) is 56.9. The molecular weight excluding hydrogens is 1170 g/mol. The van der Waals surface area contributed by atoms with Crippen LogP contribution in [0.2, 0.25) is 78.6 Å². The minimum atomic E-state index is -1.11. The van der Waals surface area contributed by atoms with Gasteiger partial charge in [0.05, 0.1) is 20.6 Å². The summed E-state index contributed by atoms with van der Waals surface area (Å²) in [6, 6.07) is 34.2. The quantitative estimate of drug-likeness (QED) is 0.0522. The molecule has 0 saturated heterocycles. The van der Waals surface area contributed by atoms with Crippen molar-refractivity contribution in [2.24, 2.45) is 9.53 Å². The molecule has 0 spiro atoms. The summed E-state index contributed by atoms with van der Waals surface area (Å²) in [5.74, 6) is 3.40. The Balaban J connectivity index is 0. The van der Waals surface area contributed by atoms with Gasteiger partial charge >= 0.3 is 33.8 Å². The molecule has 0 amide bonds. The molecule has 14 heteroatoms. The summed E-state index contributed by atoms with van der Waals surface area (Å²) in [5, 5.41) is 11.2. The molecule has 0 aliphatic carbocycles. The minimum Gasteiger partial charge on any atom is -0.668 e. The van der Waals surface area contributed by atoms with Crippen LogP contribution in [0.5, 0.6) is 0 Å². The predicted octanol–water partition coefficient (Wildman–Crippen LogP) is 24.3. The molecule has 0 fully saturated rings. The van der Waals surface area contributed by atoms with Crippen LogP contribution in [0, 0.1) is 0 Å². The topological polar surface area (TPSA) is 81.1 Å². The Morgan fingerprint density at radius 2 is 0.550 bits per heavy atom. The summed E-state index contributed by atoms with van der Waals surface area (Å²) < 4.78 is 20.5. The maximum absolute atomic E-state index is 5.44. The predicted molar refractivity (Wildman–Crippen MR) is 377 cm³/mol. The maximum Gasteiger partial charge on any atom is 2.00 e. The second-order valence-corrected chi connectivity index (χ2v) is 57.6. The summed E-state index contributed by atoms with van der Waals surface area (Å²) in [6.45, 7) is 73.4. The Morgan fingerprint density at radius 3 is 0.700 bits per heavy atom. The van der Waals surface area contributed by atoms with E-state index in [4.69, 9.17) is 29.5 Å². The van der Waals surface area contributed by atoms with E-state index in [-0.39, 0.29) is 54.5 Å². The fraction of sp³-hybridized carbons (Fsp3) is 0.606. The van der Waals surface area contributed by atoms with E-state index >= 15 is 0 Å². The van der Waals surface area contributed by atoms with E-state index in [0.717, 1.165) is 34.2 Å². The van der Waals surface area contributed by atoms with E-state index in [9.17, 15) is 0 Å². The van der Waals surface area contributed by atoms with Crippen molar-refractivity contribution in [3.05, 3.63) is 150 Å². The molecule has 0 aliphatic heterocycles. The van der Waals surface area contributed by atoms with Crippen LogP contribution >= 0.6 is 16.1 Å². The van der Waals surface area contributed by atoms with Gasteiger partial charge in [0.15, 0.2) is 0 Å². The van der Waals surface area contributed by atoms with Crippen LogP contribution in [0.4, 0.5) is 11.4 Å². The van der Waals surface area contributed by atoms with Crippen molar-refractivity contribution in [3.8, 4) is 0 Å². The Labute approximate surface area is 523 Å². The van der Waals surface area contributed by atoms with Crippen LogP contribution in [-0.4, -0.2) is 65.2 Å². The van der Waals surface area contributed by atoms with Crippen molar-refractivity contribution in [2.45, 2.75) is 261 Å². The van der Waals surface area contributed by atoms with Crippen LogP contribution < -0.4 is 0 Å². The summed E-state index contributed by atoms with van der Waals surface area (Å²) in [5.41, 5.74) is 9.59. The summed E-state index contributed by atoms with van der Waals surface area (Å²) in [6.07, 6.45) is 0. The molecule has 0 heterocycles. The third-order valence-electron chi connectivity index (χ3n) is 11.8. The zero-order chi connectivity index (χ0) is 60.8. The first-order chi connectivity index (χ1) is 35.1. The molecule has 0 unspecified atom stereocenters. The normalized spacial score (nSPS) is 13.2. The maximum atomic E-state index is 5.44. The number of rotatable bonds is 14. The molecule has 0 aliphatic rings. The number of benzene rings is 4. The van der Waals surface area contributed by atoms with Crippen LogP contribution in [-0.2, 0) is 33.8 Å². The first-order valence-corrected chi connectivity index (χ1v) is 45.9. The molecular formula is C66H118CoFeN6P2Si4+2. The fourth-order valence-electron chi connectivity index (χ4n) is 10.1. The van der Waals surface area contributed by atoms with Crippen molar-refractivity contribution >= 4 is 72.1 Å². The molecule has 4 aromatic carbocycles. The first kappa shape index (κ1) is 80.6. The Morgan fingerprint density at radius 1 is 0.350 bits per heavy atom. The monoisotopic (exact) mass is 1280 g/mol. The smallest absolute Gasteiger partial charge is 0.668 e. The van der Waals surface area contributed by atoms with Gasteiger partial charge < -0.3 is 29.5 Å². The molecule has 6 nitrogen and oxygen atoms in total. The average molecular weight is 1280 g/mol. The molecule has 80 heavy (non-hydrogen) atoms. The van der Waals surface area contributed by atoms with Gasteiger partial charge in [0.25, 0.3) is 0 Å². The largest absolute Gasteiger partial charge is 2.00 e. The summed E-state index contributed by atoms with van der Waals surface area (Å²) in [7, 11) is -6.65. The molecule has 4 aromatic rings. The number of hydrogen-bond donors (Lipinski definition) is 0. The molecule has 0 atom stereocenters. The molecule has 453 valence electrons. The number of amidine groups is 2. The van der Waals surface area contributed by atoms with Crippen molar-refractivity contribution in [2.75, 3.05) is 0 Å². The van der Waals surface area contributed by atoms with E-state index in [0.29, 0.717) is 23.7 Å². The van der Waals surface area contributed by atoms with Gasteiger partial charge in [0, 0.05) is 16.1 Å². The van der Waals surface area contributed by atoms with E-state index in [1.165, 1.54) is 22.3 Å². The zero-order valence-corrected chi connectivity index (χ0v) is 65.1. The average Bonchev–Trinajstić information content (AvgIpc) is 3.23. The molecule has 1 radical (unpaired) electrons. The SMILES string of the molecule is CC(C)c1cccc(C(C)C)c1[N-]C(=N[PH+](C(C)(C)C)C(C)(C)C)c1ccccc1.CC(C)c1cccc(C(C)C)c1[N-]C(=N[PH+](C(C)(C)C)C(C)(C)C)c1ccccc1.C[Si](C)(C)[N-][Si](C)(C)C.C[Si](C)(C)[N-][Si](C)(C)C.[Co+2].[Fe+2]. The van der Waals surface area contributed by atoms with Gasteiger partial charge in [-0.25, -0.2) is 0 Å². The summed E-state index contributed by atoms with van der Waals surface area (Å²) in [4.78, 5) is 0. The van der Waals surface area contributed by atoms with Gasteiger partial charge in [-0.2, -0.15) is 0 Å². The Kier molecular flexibility index (Phi) is 33.6. The first-order valence-electron chi connectivity index (χ1n) is 29.3. The van der Waals surface area contributed by atoms with E-state index in [1.54, 1.807) is 0 Å². The van der Waals surface area contributed by atoms with Crippen LogP contribution in [0.15, 0.2) is 107 Å². The van der Waals surface area contributed by atoms with E-state index in [1.807, 2.05) is 0 Å². The van der Waals surface area contributed by atoms with Crippen molar-refractivity contribution in [3.63, 3.8) is 0 Å². The van der Waals surface area contributed by atoms with Crippen LogP contribution in [0.25, 0.3) is 19.9 Å². The third kappa shape index (κ3) is 31.0. The van der Waals surface area contributed by atoms with Crippen molar-refractivity contribution in [1.29, 1.82) is 0 Å². The Hall–Kier alpha value is -1.51. The Bertz CT molecular complexity index is 2190. The van der Waals surface area contributed by atoms with E-state index < -0.39 is 49.1 Å². The fourth-order valence-corrected chi connectivity index (χ4v) is 32.8. The minimum absolute atomic E-state index is 0. The van der Waals surface area contributed by atoms with Crippen molar-refractivity contribution < 1.29 is 33.8 Å². The standard InChI is InChI=1S/2C27H40N2P.2C6H18NSi2.Co.Fe/c2*1-19(2)22-17-14-18-23(20(3)4)24(22)28-25(21-15-12-11-13-16-21)29-30(26(5,6)7)27(8,9)10;2*1-8(2,3)7-9(4,5)6;;/h2*11-20H,1-10H3;2*1-6H3;;/q4*-1;2*+2/p+2.